The van der Waals surface area contributed by atoms with Crippen molar-refractivity contribution < 1.29 is 13.3 Å². The van der Waals surface area contributed by atoms with Gasteiger partial charge in [-0.3, -0.25) is 10.1 Å². The normalized spacial score (nSPS) is 15.1. The second-order valence-electron chi connectivity index (χ2n) is 5.09. The summed E-state index contributed by atoms with van der Waals surface area (Å²) in [5.74, 6) is 0.632. The van der Waals surface area contributed by atoms with Crippen molar-refractivity contribution in [3.05, 3.63) is 16.2 Å². The van der Waals surface area contributed by atoms with Gasteiger partial charge in [0, 0.05) is 19.2 Å². The third-order valence-electron chi connectivity index (χ3n) is 3.23. The number of thiophene rings is 1. The number of nitrogens with zero attached hydrogens (tertiary/aromatic N) is 1. The second-order valence-corrected chi connectivity index (χ2v) is 8.14. The Balaban J connectivity index is 2.11. The fourth-order valence-corrected chi connectivity index (χ4v) is 4.31. The molecule has 21 heavy (non-hydrogen) atoms. The fourth-order valence-electron chi connectivity index (χ4n) is 1.87. The van der Waals surface area contributed by atoms with Crippen molar-refractivity contribution in [2.45, 2.75) is 36.8 Å². The monoisotopic (exact) mass is 333 g/mol. The van der Waals surface area contributed by atoms with E-state index in [1.807, 2.05) is 6.92 Å². The maximum Gasteiger partial charge on any atom is 0.304 e. The molecule has 0 saturated heterocycles. The van der Waals surface area contributed by atoms with E-state index in [1.165, 1.54) is 0 Å². The van der Waals surface area contributed by atoms with Crippen LogP contribution in [0, 0.1) is 16.0 Å². The highest BCUT2D eigenvalue weighted by Gasteiger charge is 2.27. The van der Waals surface area contributed by atoms with Crippen molar-refractivity contribution >= 4 is 32.0 Å². The van der Waals surface area contributed by atoms with Crippen molar-refractivity contribution in [3.8, 4) is 0 Å². The maximum absolute atomic E-state index is 12.1. The smallest absolute Gasteiger partial charge is 0.304 e. The zero-order valence-corrected chi connectivity index (χ0v) is 13.4. The Morgan fingerprint density at radius 3 is 2.71 bits per heavy atom. The van der Waals surface area contributed by atoms with Crippen LogP contribution >= 0.6 is 11.3 Å². The van der Waals surface area contributed by atoms with Crippen LogP contribution in [0.25, 0.3) is 0 Å². The first-order chi connectivity index (χ1) is 9.94. The summed E-state index contributed by atoms with van der Waals surface area (Å²) in [6.45, 7) is 2.88. The fraction of sp³-hybridized carbons (Fsp3) is 0.667. The lowest BCUT2D eigenvalue weighted by atomic mass is 10.3. The predicted octanol–water partition coefficient (Wildman–Crippen LogP) is 2.56. The summed E-state index contributed by atoms with van der Waals surface area (Å²) in [7, 11) is -3.66. The van der Waals surface area contributed by atoms with Gasteiger partial charge < -0.3 is 5.32 Å². The lowest BCUT2D eigenvalue weighted by Gasteiger charge is -2.03. The number of hydrogen-bond acceptors (Lipinski definition) is 6. The summed E-state index contributed by atoms with van der Waals surface area (Å²) in [6.07, 6.45) is 3.96. The van der Waals surface area contributed by atoms with Crippen LogP contribution in [0.3, 0.4) is 0 Å². The average Bonchev–Trinajstić information content (AvgIpc) is 3.12. The summed E-state index contributed by atoms with van der Waals surface area (Å²) >= 11 is 0.906. The van der Waals surface area contributed by atoms with E-state index in [0.29, 0.717) is 24.0 Å². The van der Waals surface area contributed by atoms with Gasteiger partial charge in [-0.15, -0.1) is 0 Å². The van der Waals surface area contributed by atoms with E-state index in [0.717, 1.165) is 43.1 Å². The Morgan fingerprint density at radius 2 is 2.14 bits per heavy atom. The lowest BCUT2D eigenvalue weighted by Crippen LogP contribution is -2.24. The molecule has 0 aromatic carbocycles. The molecule has 1 aromatic heterocycles. The standard InChI is InChI=1S/C12H19N3O4S2/c1-2-6-13-12-10(15(16)17)8-11(20-12)21(18,19)14-7-5-9-3-4-9/h8-9,13-14H,2-7H2,1H3. The molecule has 0 atom stereocenters. The molecule has 1 saturated carbocycles. The molecule has 1 aliphatic carbocycles. The van der Waals surface area contributed by atoms with Crippen LogP contribution in [0.1, 0.15) is 32.6 Å². The van der Waals surface area contributed by atoms with Crippen LogP contribution in [0.4, 0.5) is 10.7 Å². The van der Waals surface area contributed by atoms with Gasteiger partial charge in [0.15, 0.2) is 5.00 Å². The first-order valence-corrected chi connectivity index (χ1v) is 9.25. The van der Waals surface area contributed by atoms with E-state index in [-0.39, 0.29) is 9.90 Å². The second kappa shape index (κ2) is 6.71. The molecule has 1 aromatic rings. The van der Waals surface area contributed by atoms with Crippen molar-refractivity contribution in [2.24, 2.45) is 5.92 Å². The highest BCUT2D eigenvalue weighted by Crippen LogP contribution is 2.37. The Labute approximate surface area is 127 Å². The van der Waals surface area contributed by atoms with Gasteiger partial charge in [0.05, 0.1) is 4.92 Å². The van der Waals surface area contributed by atoms with Crippen LogP contribution in [-0.2, 0) is 10.0 Å². The molecule has 9 heteroatoms. The largest absolute Gasteiger partial charge is 0.371 e. The van der Waals surface area contributed by atoms with Crippen molar-refractivity contribution in [1.82, 2.24) is 4.72 Å². The molecule has 118 valence electrons. The van der Waals surface area contributed by atoms with Gasteiger partial charge in [-0.1, -0.05) is 31.1 Å². The van der Waals surface area contributed by atoms with Crippen LogP contribution in [0.5, 0.6) is 0 Å². The van der Waals surface area contributed by atoms with Crippen LogP contribution < -0.4 is 10.0 Å². The highest BCUT2D eigenvalue weighted by atomic mass is 32.2. The van der Waals surface area contributed by atoms with E-state index >= 15 is 0 Å². The molecule has 2 rings (SSSR count). The number of nitrogens with one attached hydrogen (secondary N) is 2. The number of rotatable bonds is 9. The van der Waals surface area contributed by atoms with Gasteiger partial charge in [0.2, 0.25) is 10.0 Å². The van der Waals surface area contributed by atoms with E-state index in [2.05, 4.69) is 10.0 Å². The van der Waals surface area contributed by atoms with Crippen molar-refractivity contribution in [3.63, 3.8) is 0 Å². The quantitative estimate of drug-likeness (QED) is 0.534. The number of hydrogen-bond donors (Lipinski definition) is 2. The van der Waals surface area contributed by atoms with Crippen LogP contribution in [0.15, 0.2) is 10.3 Å². The zero-order chi connectivity index (χ0) is 15.5. The van der Waals surface area contributed by atoms with Gasteiger partial charge in [0.25, 0.3) is 0 Å². The summed E-state index contributed by atoms with van der Waals surface area (Å²) in [6, 6.07) is 1.13. The van der Waals surface area contributed by atoms with E-state index in [9.17, 15) is 18.5 Å². The Bertz CT molecular complexity index is 608. The summed E-state index contributed by atoms with van der Waals surface area (Å²) < 4.78 is 26.8. The van der Waals surface area contributed by atoms with Crippen molar-refractivity contribution in [2.75, 3.05) is 18.4 Å². The molecule has 2 N–H and O–H groups in total. The molecule has 0 spiro atoms. The Morgan fingerprint density at radius 1 is 1.43 bits per heavy atom. The average molecular weight is 333 g/mol. The van der Waals surface area contributed by atoms with Gasteiger partial charge in [-0.2, -0.15) is 0 Å². The van der Waals surface area contributed by atoms with E-state index < -0.39 is 14.9 Å². The number of anilines is 1. The van der Waals surface area contributed by atoms with E-state index in [4.69, 9.17) is 0 Å². The minimum atomic E-state index is -3.66. The molecule has 7 nitrogen and oxygen atoms in total. The summed E-state index contributed by atoms with van der Waals surface area (Å²) in [5.41, 5.74) is -0.184. The minimum Gasteiger partial charge on any atom is -0.371 e. The van der Waals surface area contributed by atoms with Crippen LogP contribution in [0.2, 0.25) is 0 Å². The van der Waals surface area contributed by atoms with Gasteiger partial charge >= 0.3 is 5.69 Å². The van der Waals surface area contributed by atoms with Gasteiger partial charge in [-0.05, 0) is 18.8 Å². The molecule has 1 fully saturated rings. The van der Waals surface area contributed by atoms with E-state index in [1.54, 1.807) is 0 Å². The molecule has 0 radical (unpaired) electrons. The number of nitro groups is 1. The molecular weight excluding hydrogens is 314 g/mol. The lowest BCUT2D eigenvalue weighted by molar-refractivity contribution is -0.383. The molecule has 0 unspecified atom stereocenters. The first-order valence-electron chi connectivity index (χ1n) is 6.95. The predicted molar refractivity (Wildman–Crippen MR) is 82.3 cm³/mol. The van der Waals surface area contributed by atoms with Gasteiger partial charge in [0.1, 0.15) is 4.21 Å². The molecule has 1 aliphatic rings. The summed E-state index contributed by atoms with van der Waals surface area (Å²) in [5, 5.41) is 14.2. The highest BCUT2D eigenvalue weighted by molar-refractivity contribution is 7.91. The van der Waals surface area contributed by atoms with Crippen LogP contribution in [-0.4, -0.2) is 26.4 Å². The maximum atomic E-state index is 12.1. The Hall–Kier alpha value is -1.19. The molecule has 0 amide bonds. The number of sulfonamides is 1. The van der Waals surface area contributed by atoms with Gasteiger partial charge in [-0.25, -0.2) is 13.1 Å². The first kappa shape index (κ1) is 16.2. The molecule has 0 bridgehead atoms. The Kier molecular flexibility index (Phi) is 5.17. The summed E-state index contributed by atoms with van der Waals surface area (Å²) in [4.78, 5) is 10.4. The topological polar surface area (TPSA) is 101 Å². The molecule has 0 aliphatic heterocycles. The van der Waals surface area contributed by atoms with Crippen molar-refractivity contribution in [1.29, 1.82) is 0 Å². The molecule has 1 heterocycles. The third-order valence-corrected chi connectivity index (χ3v) is 6.25. The SMILES string of the molecule is CCCNc1sc(S(=O)(=O)NCCC2CC2)cc1[N+](=O)[O-]. The molecular formula is C12H19N3O4S2. The minimum absolute atomic E-state index is 0.0106. The zero-order valence-electron chi connectivity index (χ0n) is 11.8. The third kappa shape index (κ3) is 4.39.